The SMILES string of the molecule is O=C(O)c1c(-c2cc3ccccc3[nH]2)cc[nH]c1=O. The predicted molar refractivity (Wildman–Crippen MR) is 71.3 cm³/mol. The Balaban J connectivity index is 2.30. The number of carboxylic acid groups (broad SMARTS) is 1. The third-order valence-corrected chi connectivity index (χ3v) is 2.99. The lowest BCUT2D eigenvalue weighted by molar-refractivity contribution is 0.0696. The quantitative estimate of drug-likeness (QED) is 0.655. The molecule has 0 amide bonds. The molecule has 0 saturated carbocycles. The van der Waals surface area contributed by atoms with Gasteiger partial charge in [0.1, 0.15) is 5.56 Å². The van der Waals surface area contributed by atoms with Crippen molar-refractivity contribution in [2.24, 2.45) is 0 Å². The van der Waals surface area contributed by atoms with Crippen molar-refractivity contribution >= 4 is 16.9 Å². The van der Waals surface area contributed by atoms with Crippen LogP contribution in [0.2, 0.25) is 0 Å². The number of hydrogen-bond donors (Lipinski definition) is 3. The summed E-state index contributed by atoms with van der Waals surface area (Å²) >= 11 is 0. The third kappa shape index (κ3) is 1.81. The van der Waals surface area contributed by atoms with Gasteiger partial charge in [0.15, 0.2) is 0 Å². The Morgan fingerprint density at radius 3 is 2.68 bits per heavy atom. The minimum Gasteiger partial charge on any atom is -0.477 e. The van der Waals surface area contributed by atoms with Crippen molar-refractivity contribution in [2.75, 3.05) is 0 Å². The van der Waals surface area contributed by atoms with E-state index >= 15 is 0 Å². The Morgan fingerprint density at radius 2 is 1.95 bits per heavy atom. The first-order valence-corrected chi connectivity index (χ1v) is 5.70. The van der Waals surface area contributed by atoms with E-state index in [0.717, 1.165) is 10.9 Å². The highest BCUT2D eigenvalue weighted by atomic mass is 16.4. The van der Waals surface area contributed by atoms with Gasteiger partial charge in [0.05, 0.1) is 0 Å². The number of nitrogens with one attached hydrogen (secondary N) is 2. The highest BCUT2D eigenvalue weighted by Crippen LogP contribution is 2.25. The number of pyridine rings is 1. The van der Waals surface area contributed by atoms with Gasteiger partial charge in [-0.25, -0.2) is 4.79 Å². The van der Waals surface area contributed by atoms with Crippen LogP contribution < -0.4 is 5.56 Å². The van der Waals surface area contributed by atoms with Crippen LogP contribution in [0.15, 0.2) is 47.4 Å². The topological polar surface area (TPSA) is 85.9 Å². The van der Waals surface area contributed by atoms with Crippen molar-refractivity contribution in [3.05, 3.63) is 58.5 Å². The monoisotopic (exact) mass is 254 g/mol. The Bertz CT molecular complexity index is 797. The number of fused-ring (bicyclic) bond motifs is 1. The number of para-hydroxylation sites is 1. The first kappa shape index (κ1) is 11.3. The van der Waals surface area contributed by atoms with Crippen LogP contribution in [-0.2, 0) is 0 Å². The van der Waals surface area contributed by atoms with Crippen molar-refractivity contribution < 1.29 is 9.90 Å². The van der Waals surface area contributed by atoms with E-state index in [4.69, 9.17) is 5.11 Å². The minimum atomic E-state index is -1.24. The van der Waals surface area contributed by atoms with Crippen LogP contribution in [-0.4, -0.2) is 21.0 Å². The first-order chi connectivity index (χ1) is 9.16. The van der Waals surface area contributed by atoms with Crippen molar-refractivity contribution in [3.8, 4) is 11.3 Å². The average Bonchev–Trinajstić information content (AvgIpc) is 2.81. The molecule has 0 aliphatic heterocycles. The summed E-state index contributed by atoms with van der Waals surface area (Å²) in [7, 11) is 0. The number of carboxylic acids is 1. The molecule has 0 spiro atoms. The van der Waals surface area contributed by atoms with Crippen LogP contribution in [0.5, 0.6) is 0 Å². The lowest BCUT2D eigenvalue weighted by Crippen LogP contribution is -2.18. The fraction of sp³-hybridized carbons (Fsp3) is 0. The molecule has 0 saturated heterocycles. The summed E-state index contributed by atoms with van der Waals surface area (Å²) in [6.45, 7) is 0. The fourth-order valence-electron chi connectivity index (χ4n) is 2.13. The van der Waals surface area contributed by atoms with Crippen LogP contribution in [0.4, 0.5) is 0 Å². The van der Waals surface area contributed by atoms with E-state index in [1.165, 1.54) is 6.20 Å². The van der Waals surface area contributed by atoms with Crippen molar-refractivity contribution in [3.63, 3.8) is 0 Å². The molecule has 5 heteroatoms. The molecule has 0 bridgehead atoms. The highest BCUT2D eigenvalue weighted by molar-refractivity contribution is 5.97. The molecule has 0 fully saturated rings. The van der Waals surface area contributed by atoms with E-state index in [9.17, 15) is 9.59 Å². The van der Waals surface area contributed by atoms with Gasteiger partial charge in [-0.05, 0) is 18.2 Å². The second-order valence-corrected chi connectivity index (χ2v) is 4.17. The molecule has 3 N–H and O–H groups in total. The van der Waals surface area contributed by atoms with E-state index in [0.29, 0.717) is 11.3 Å². The van der Waals surface area contributed by atoms with E-state index < -0.39 is 11.5 Å². The average molecular weight is 254 g/mol. The summed E-state index contributed by atoms with van der Waals surface area (Å²) in [6, 6.07) is 11.0. The molecule has 2 heterocycles. The molecule has 0 aliphatic rings. The second kappa shape index (κ2) is 4.13. The van der Waals surface area contributed by atoms with E-state index in [1.807, 2.05) is 30.3 Å². The molecule has 3 rings (SSSR count). The number of aromatic amines is 2. The third-order valence-electron chi connectivity index (χ3n) is 2.99. The number of H-pyrrole nitrogens is 2. The molecule has 0 radical (unpaired) electrons. The van der Waals surface area contributed by atoms with E-state index in [2.05, 4.69) is 9.97 Å². The van der Waals surface area contributed by atoms with Crippen LogP contribution in [0.1, 0.15) is 10.4 Å². The molecule has 2 aromatic heterocycles. The molecule has 0 unspecified atom stereocenters. The zero-order chi connectivity index (χ0) is 13.4. The second-order valence-electron chi connectivity index (χ2n) is 4.17. The largest absolute Gasteiger partial charge is 0.477 e. The summed E-state index contributed by atoms with van der Waals surface area (Å²) in [5, 5.41) is 10.1. The summed E-state index contributed by atoms with van der Waals surface area (Å²) in [6.07, 6.45) is 1.44. The maximum absolute atomic E-state index is 11.6. The van der Waals surface area contributed by atoms with Crippen LogP contribution in [0, 0.1) is 0 Å². The zero-order valence-electron chi connectivity index (χ0n) is 9.81. The predicted octanol–water partition coefficient (Wildman–Crippen LogP) is 2.22. The molecule has 0 atom stereocenters. The number of aromatic nitrogens is 2. The maximum Gasteiger partial charge on any atom is 0.342 e. The standard InChI is InChI=1S/C14H10N2O3/c17-13-12(14(18)19)9(5-6-15-13)11-7-8-3-1-2-4-10(8)16-11/h1-7,16H,(H,15,17)(H,18,19). The van der Waals surface area contributed by atoms with Gasteiger partial charge in [0.25, 0.3) is 5.56 Å². The van der Waals surface area contributed by atoms with E-state index in [-0.39, 0.29) is 5.56 Å². The molecule has 94 valence electrons. The molecular formula is C14H10N2O3. The lowest BCUT2D eigenvalue weighted by atomic mass is 10.1. The molecule has 1 aromatic carbocycles. The smallest absolute Gasteiger partial charge is 0.342 e. The number of benzene rings is 1. The van der Waals surface area contributed by atoms with Crippen molar-refractivity contribution in [2.45, 2.75) is 0 Å². The fourth-order valence-corrected chi connectivity index (χ4v) is 2.13. The van der Waals surface area contributed by atoms with Crippen molar-refractivity contribution in [1.29, 1.82) is 0 Å². The molecular weight excluding hydrogens is 244 g/mol. The Labute approximate surface area is 107 Å². The molecule has 19 heavy (non-hydrogen) atoms. The van der Waals surface area contributed by atoms with Crippen LogP contribution in [0.3, 0.4) is 0 Å². The Kier molecular flexibility index (Phi) is 2.45. The number of hydrogen-bond acceptors (Lipinski definition) is 2. The summed E-state index contributed by atoms with van der Waals surface area (Å²) in [5.41, 5.74) is 1.03. The Morgan fingerprint density at radius 1 is 1.16 bits per heavy atom. The molecule has 3 aromatic rings. The van der Waals surface area contributed by atoms with Gasteiger partial charge >= 0.3 is 5.97 Å². The zero-order valence-corrected chi connectivity index (χ0v) is 9.81. The maximum atomic E-state index is 11.6. The van der Waals surface area contributed by atoms with Crippen LogP contribution in [0.25, 0.3) is 22.2 Å². The Hall–Kier alpha value is -2.82. The molecule has 5 nitrogen and oxygen atoms in total. The minimum absolute atomic E-state index is 0.256. The summed E-state index contributed by atoms with van der Waals surface area (Å²) < 4.78 is 0. The van der Waals surface area contributed by atoms with Gasteiger partial charge in [-0.15, -0.1) is 0 Å². The number of aromatic carboxylic acids is 1. The number of rotatable bonds is 2. The first-order valence-electron chi connectivity index (χ1n) is 5.70. The normalized spacial score (nSPS) is 10.7. The van der Waals surface area contributed by atoms with Gasteiger partial charge in [0.2, 0.25) is 0 Å². The molecule has 0 aliphatic carbocycles. The van der Waals surface area contributed by atoms with Gasteiger partial charge in [-0.1, -0.05) is 18.2 Å². The highest BCUT2D eigenvalue weighted by Gasteiger charge is 2.17. The summed E-state index contributed by atoms with van der Waals surface area (Å²) in [4.78, 5) is 28.3. The summed E-state index contributed by atoms with van der Waals surface area (Å²) in [5.74, 6) is -1.24. The van der Waals surface area contributed by atoms with E-state index in [1.54, 1.807) is 6.07 Å². The van der Waals surface area contributed by atoms with Gasteiger partial charge < -0.3 is 15.1 Å². The van der Waals surface area contributed by atoms with Crippen molar-refractivity contribution in [1.82, 2.24) is 9.97 Å². The van der Waals surface area contributed by atoms with Crippen LogP contribution >= 0.6 is 0 Å². The lowest BCUT2D eigenvalue weighted by Gasteiger charge is -2.01. The van der Waals surface area contributed by atoms with Gasteiger partial charge in [-0.3, -0.25) is 4.79 Å². The van der Waals surface area contributed by atoms with Gasteiger partial charge in [-0.2, -0.15) is 0 Å². The van der Waals surface area contributed by atoms with Gasteiger partial charge in [0, 0.05) is 28.4 Å². The number of carbonyl (C=O) groups is 1.